The molecule has 1 aromatic rings. The standard InChI is InChI=1S/C19H33N3O3/c1-14(2)8-7-12-21-19(20-3)22-13-11-15-9-10-16(23-4)18(25-6)17(15)24-5/h9-10,14H,7-8,11-13H2,1-6H3,(H2,20,21,22). The van der Waals surface area contributed by atoms with Gasteiger partial charge in [-0.1, -0.05) is 19.9 Å². The lowest BCUT2D eigenvalue weighted by Crippen LogP contribution is -2.38. The van der Waals surface area contributed by atoms with Crippen molar-refractivity contribution in [1.82, 2.24) is 10.6 Å². The second-order valence-electron chi connectivity index (χ2n) is 6.21. The van der Waals surface area contributed by atoms with E-state index in [1.165, 1.54) is 6.42 Å². The Hall–Kier alpha value is -2.11. The summed E-state index contributed by atoms with van der Waals surface area (Å²) in [6.45, 7) is 6.15. The van der Waals surface area contributed by atoms with Gasteiger partial charge in [-0.15, -0.1) is 0 Å². The van der Waals surface area contributed by atoms with Crippen molar-refractivity contribution in [2.75, 3.05) is 41.5 Å². The average molecular weight is 351 g/mol. The Morgan fingerprint density at radius 3 is 2.24 bits per heavy atom. The summed E-state index contributed by atoms with van der Waals surface area (Å²) in [4.78, 5) is 4.26. The molecule has 1 rings (SSSR count). The zero-order valence-corrected chi connectivity index (χ0v) is 16.4. The quantitative estimate of drug-likeness (QED) is 0.385. The fourth-order valence-corrected chi connectivity index (χ4v) is 2.61. The molecule has 0 radical (unpaired) electrons. The van der Waals surface area contributed by atoms with Crippen LogP contribution in [-0.4, -0.2) is 47.4 Å². The minimum atomic E-state index is 0.624. The van der Waals surface area contributed by atoms with Crippen LogP contribution in [-0.2, 0) is 6.42 Å². The minimum absolute atomic E-state index is 0.624. The van der Waals surface area contributed by atoms with Crippen LogP contribution in [0.15, 0.2) is 17.1 Å². The van der Waals surface area contributed by atoms with Gasteiger partial charge < -0.3 is 24.8 Å². The second kappa shape index (κ2) is 11.4. The summed E-state index contributed by atoms with van der Waals surface area (Å²) in [5.74, 6) is 3.55. The molecule has 1 aromatic carbocycles. The highest BCUT2D eigenvalue weighted by Crippen LogP contribution is 2.39. The Kier molecular flexibility index (Phi) is 9.58. The number of hydrogen-bond donors (Lipinski definition) is 2. The Morgan fingerprint density at radius 1 is 1.00 bits per heavy atom. The molecule has 0 fully saturated rings. The van der Waals surface area contributed by atoms with E-state index in [9.17, 15) is 0 Å². The molecule has 0 unspecified atom stereocenters. The molecule has 0 aliphatic rings. The first-order valence-electron chi connectivity index (χ1n) is 8.79. The first kappa shape index (κ1) is 20.9. The van der Waals surface area contributed by atoms with Crippen molar-refractivity contribution in [2.45, 2.75) is 33.1 Å². The molecule has 6 nitrogen and oxygen atoms in total. The monoisotopic (exact) mass is 351 g/mol. The van der Waals surface area contributed by atoms with Crippen LogP contribution in [0.1, 0.15) is 32.3 Å². The lowest BCUT2D eigenvalue weighted by atomic mass is 10.1. The van der Waals surface area contributed by atoms with E-state index in [2.05, 4.69) is 29.5 Å². The van der Waals surface area contributed by atoms with Crippen molar-refractivity contribution in [3.05, 3.63) is 17.7 Å². The Morgan fingerprint density at radius 2 is 1.68 bits per heavy atom. The summed E-state index contributed by atoms with van der Waals surface area (Å²) in [5.41, 5.74) is 1.06. The normalized spacial score (nSPS) is 11.4. The van der Waals surface area contributed by atoms with E-state index < -0.39 is 0 Å². The van der Waals surface area contributed by atoms with Crippen molar-refractivity contribution in [3.63, 3.8) is 0 Å². The molecule has 6 heteroatoms. The van der Waals surface area contributed by atoms with Gasteiger partial charge in [-0.3, -0.25) is 4.99 Å². The zero-order chi connectivity index (χ0) is 18.7. The van der Waals surface area contributed by atoms with Gasteiger partial charge >= 0.3 is 0 Å². The Labute approximate surface area is 152 Å². The van der Waals surface area contributed by atoms with Crippen LogP contribution in [0, 0.1) is 5.92 Å². The number of methoxy groups -OCH3 is 3. The van der Waals surface area contributed by atoms with Crippen LogP contribution in [0.2, 0.25) is 0 Å². The van der Waals surface area contributed by atoms with Crippen LogP contribution in [0.4, 0.5) is 0 Å². The molecule has 0 spiro atoms. The number of rotatable bonds is 10. The van der Waals surface area contributed by atoms with Crippen molar-refractivity contribution in [2.24, 2.45) is 10.9 Å². The van der Waals surface area contributed by atoms with Crippen LogP contribution < -0.4 is 24.8 Å². The van der Waals surface area contributed by atoms with E-state index in [4.69, 9.17) is 14.2 Å². The molecule has 0 aromatic heterocycles. The van der Waals surface area contributed by atoms with Crippen molar-refractivity contribution < 1.29 is 14.2 Å². The number of nitrogens with one attached hydrogen (secondary N) is 2. The molecule has 0 aliphatic carbocycles. The van der Waals surface area contributed by atoms with Gasteiger partial charge in [0.15, 0.2) is 17.5 Å². The predicted molar refractivity (Wildman–Crippen MR) is 103 cm³/mol. The minimum Gasteiger partial charge on any atom is -0.493 e. The first-order valence-corrected chi connectivity index (χ1v) is 8.79. The summed E-state index contributed by atoms with van der Waals surface area (Å²) >= 11 is 0. The molecular weight excluding hydrogens is 318 g/mol. The SMILES string of the molecule is CN=C(NCCCC(C)C)NCCc1ccc(OC)c(OC)c1OC. The molecular formula is C19H33N3O3. The van der Waals surface area contributed by atoms with Gasteiger partial charge in [-0.05, 0) is 31.2 Å². The molecule has 142 valence electrons. The van der Waals surface area contributed by atoms with Gasteiger partial charge in [0, 0.05) is 25.7 Å². The molecule has 0 aliphatic heterocycles. The first-order chi connectivity index (χ1) is 12.1. The number of hydrogen-bond acceptors (Lipinski definition) is 4. The van der Waals surface area contributed by atoms with E-state index in [1.54, 1.807) is 28.4 Å². The van der Waals surface area contributed by atoms with E-state index >= 15 is 0 Å². The highest BCUT2D eigenvalue weighted by molar-refractivity contribution is 5.79. The maximum atomic E-state index is 5.52. The summed E-state index contributed by atoms with van der Waals surface area (Å²) in [5, 5.41) is 6.68. The van der Waals surface area contributed by atoms with Crippen molar-refractivity contribution in [3.8, 4) is 17.2 Å². The topological polar surface area (TPSA) is 64.1 Å². The largest absolute Gasteiger partial charge is 0.493 e. The van der Waals surface area contributed by atoms with E-state index in [1.807, 2.05) is 12.1 Å². The Balaban J connectivity index is 2.57. The number of benzene rings is 1. The summed E-state index contributed by atoms with van der Waals surface area (Å²) in [7, 11) is 6.66. The fourth-order valence-electron chi connectivity index (χ4n) is 2.61. The summed E-state index contributed by atoms with van der Waals surface area (Å²) in [6, 6.07) is 3.90. The smallest absolute Gasteiger partial charge is 0.203 e. The van der Waals surface area contributed by atoms with Gasteiger partial charge in [0.2, 0.25) is 5.75 Å². The highest BCUT2D eigenvalue weighted by Gasteiger charge is 2.15. The molecule has 2 N–H and O–H groups in total. The van der Waals surface area contributed by atoms with Gasteiger partial charge in [-0.25, -0.2) is 0 Å². The van der Waals surface area contributed by atoms with E-state index in [-0.39, 0.29) is 0 Å². The van der Waals surface area contributed by atoms with Crippen molar-refractivity contribution in [1.29, 1.82) is 0 Å². The summed E-state index contributed by atoms with van der Waals surface area (Å²) in [6.07, 6.45) is 3.14. The van der Waals surface area contributed by atoms with Gasteiger partial charge in [0.1, 0.15) is 0 Å². The number of aliphatic imine (C=N–C) groups is 1. The summed E-state index contributed by atoms with van der Waals surface area (Å²) < 4.78 is 16.3. The van der Waals surface area contributed by atoms with Gasteiger partial charge in [0.25, 0.3) is 0 Å². The van der Waals surface area contributed by atoms with Crippen LogP contribution in [0.3, 0.4) is 0 Å². The molecule has 0 bridgehead atoms. The van der Waals surface area contributed by atoms with Crippen LogP contribution in [0.5, 0.6) is 17.2 Å². The van der Waals surface area contributed by atoms with Crippen LogP contribution >= 0.6 is 0 Å². The molecule has 0 saturated carbocycles. The zero-order valence-electron chi connectivity index (χ0n) is 16.4. The lowest BCUT2D eigenvalue weighted by Gasteiger charge is -2.16. The van der Waals surface area contributed by atoms with E-state index in [0.29, 0.717) is 17.2 Å². The molecule has 0 saturated heterocycles. The van der Waals surface area contributed by atoms with Gasteiger partial charge in [0.05, 0.1) is 21.3 Å². The predicted octanol–water partition coefficient (Wildman–Crippen LogP) is 2.86. The van der Waals surface area contributed by atoms with Gasteiger partial charge in [-0.2, -0.15) is 0 Å². The lowest BCUT2D eigenvalue weighted by molar-refractivity contribution is 0.322. The highest BCUT2D eigenvalue weighted by atomic mass is 16.5. The number of ether oxygens (including phenoxy) is 3. The average Bonchev–Trinajstić information content (AvgIpc) is 2.62. The Bertz CT molecular complexity index is 545. The van der Waals surface area contributed by atoms with Crippen molar-refractivity contribution >= 4 is 5.96 Å². The second-order valence-corrected chi connectivity index (χ2v) is 6.21. The third-order valence-corrected chi connectivity index (χ3v) is 3.95. The number of guanidine groups is 1. The fraction of sp³-hybridized carbons (Fsp3) is 0.632. The molecule has 0 amide bonds. The molecule has 0 atom stereocenters. The number of nitrogens with zero attached hydrogens (tertiary/aromatic N) is 1. The third-order valence-electron chi connectivity index (χ3n) is 3.95. The van der Waals surface area contributed by atoms with E-state index in [0.717, 1.165) is 43.4 Å². The maximum absolute atomic E-state index is 5.52. The molecule has 0 heterocycles. The third kappa shape index (κ3) is 6.72. The van der Waals surface area contributed by atoms with Crippen LogP contribution in [0.25, 0.3) is 0 Å². The molecule has 25 heavy (non-hydrogen) atoms. The maximum Gasteiger partial charge on any atom is 0.203 e.